The summed E-state index contributed by atoms with van der Waals surface area (Å²) in [6, 6.07) is 11.1. The van der Waals surface area contributed by atoms with Gasteiger partial charge in [-0.15, -0.1) is 0 Å². The maximum absolute atomic E-state index is 13.3. The molecule has 0 saturated carbocycles. The predicted octanol–water partition coefficient (Wildman–Crippen LogP) is 6.89. The van der Waals surface area contributed by atoms with Crippen molar-refractivity contribution in [3.8, 4) is 5.75 Å². The number of carbonyl (C=O) groups is 2. The van der Waals surface area contributed by atoms with Crippen molar-refractivity contribution in [1.29, 1.82) is 0 Å². The summed E-state index contributed by atoms with van der Waals surface area (Å²) in [7, 11) is 0. The Morgan fingerprint density at radius 3 is 2.27 bits per heavy atom. The van der Waals surface area contributed by atoms with Crippen molar-refractivity contribution in [2.75, 3.05) is 18.5 Å². The van der Waals surface area contributed by atoms with Gasteiger partial charge >= 0.3 is 12.1 Å². The van der Waals surface area contributed by atoms with Crippen molar-refractivity contribution in [3.05, 3.63) is 64.7 Å². The van der Waals surface area contributed by atoms with Gasteiger partial charge in [-0.2, -0.15) is 13.2 Å². The highest BCUT2D eigenvalue weighted by Gasteiger charge is 2.27. The van der Waals surface area contributed by atoms with E-state index in [4.69, 9.17) is 9.47 Å². The largest absolute Gasteiger partial charge is 0.494 e. The minimum absolute atomic E-state index is 0.00765. The zero-order valence-corrected chi connectivity index (χ0v) is 20.9. The number of alkyl halides is 5. The number of hydrogen-bond acceptors (Lipinski definition) is 4. The molecule has 0 fully saturated rings. The molecule has 0 spiro atoms. The molecule has 1 amide bonds. The van der Waals surface area contributed by atoms with Crippen LogP contribution in [0.25, 0.3) is 5.57 Å². The lowest BCUT2D eigenvalue weighted by Crippen LogP contribution is -2.24. The van der Waals surface area contributed by atoms with Crippen molar-refractivity contribution in [3.63, 3.8) is 0 Å². The molecule has 2 aromatic carbocycles. The lowest BCUT2D eigenvalue weighted by molar-refractivity contribution is -0.140. The molecule has 2 rings (SSSR count). The molecule has 1 N–H and O–H groups in total. The molecule has 0 aliphatic carbocycles. The SMILES string of the molecule is CCOC(=O)/C(C(=O)Nc1ccc(OCCCC(F)(F)F)cc1CC(F)F)=C(/CC)c1ccc(C)cc1. The first kappa shape index (κ1) is 29.8. The Kier molecular flexibility index (Phi) is 11.1. The summed E-state index contributed by atoms with van der Waals surface area (Å²) >= 11 is 0. The molecular weight excluding hydrogens is 497 g/mol. The zero-order chi connectivity index (χ0) is 27.6. The van der Waals surface area contributed by atoms with Crippen LogP contribution in [0, 0.1) is 6.92 Å². The molecule has 202 valence electrons. The minimum Gasteiger partial charge on any atom is -0.494 e. The Morgan fingerprint density at radius 2 is 1.70 bits per heavy atom. The Bertz CT molecular complexity index is 1090. The summed E-state index contributed by atoms with van der Waals surface area (Å²) < 4.78 is 73.9. The quantitative estimate of drug-likeness (QED) is 0.0816. The van der Waals surface area contributed by atoms with Gasteiger partial charge in [-0.1, -0.05) is 36.8 Å². The van der Waals surface area contributed by atoms with Crippen LogP contribution in [-0.4, -0.2) is 37.7 Å². The second-order valence-electron chi connectivity index (χ2n) is 8.23. The Balaban J connectivity index is 2.37. The van der Waals surface area contributed by atoms with Gasteiger partial charge in [0.1, 0.15) is 11.3 Å². The Morgan fingerprint density at radius 1 is 1.03 bits per heavy atom. The van der Waals surface area contributed by atoms with E-state index in [-0.39, 0.29) is 42.2 Å². The van der Waals surface area contributed by atoms with E-state index in [9.17, 15) is 31.5 Å². The fraction of sp³-hybridized carbons (Fsp3) is 0.407. The Labute approximate surface area is 212 Å². The van der Waals surface area contributed by atoms with Crippen LogP contribution in [0.3, 0.4) is 0 Å². The van der Waals surface area contributed by atoms with Crippen molar-refractivity contribution < 1.29 is 41.0 Å². The van der Waals surface area contributed by atoms with Gasteiger partial charge in [0.15, 0.2) is 0 Å². The monoisotopic (exact) mass is 527 g/mol. The highest BCUT2D eigenvalue weighted by atomic mass is 19.4. The van der Waals surface area contributed by atoms with Crippen molar-refractivity contribution in [2.24, 2.45) is 0 Å². The van der Waals surface area contributed by atoms with Gasteiger partial charge in [0.25, 0.3) is 5.91 Å². The molecule has 0 radical (unpaired) electrons. The highest BCUT2D eigenvalue weighted by Crippen LogP contribution is 2.29. The van der Waals surface area contributed by atoms with Crippen LogP contribution in [0.5, 0.6) is 5.75 Å². The number of carbonyl (C=O) groups excluding carboxylic acids is 2. The van der Waals surface area contributed by atoms with Crippen LogP contribution in [0.4, 0.5) is 27.6 Å². The number of rotatable bonds is 12. The summed E-state index contributed by atoms with van der Waals surface area (Å²) in [5, 5.41) is 2.53. The van der Waals surface area contributed by atoms with Crippen LogP contribution in [0.1, 0.15) is 49.8 Å². The van der Waals surface area contributed by atoms with E-state index in [0.717, 1.165) is 5.56 Å². The molecular formula is C27H30F5NO4. The van der Waals surface area contributed by atoms with Gasteiger partial charge in [0.05, 0.1) is 13.2 Å². The number of benzene rings is 2. The number of allylic oxidation sites excluding steroid dienone is 1. The predicted molar refractivity (Wildman–Crippen MR) is 131 cm³/mol. The van der Waals surface area contributed by atoms with E-state index in [1.54, 1.807) is 26.0 Å². The van der Waals surface area contributed by atoms with Crippen molar-refractivity contribution in [2.45, 2.75) is 59.1 Å². The van der Waals surface area contributed by atoms with E-state index < -0.39 is 37.3 Å². The summed E-state index contributed by atoms with van der Waals surface area (Å²) in [6.45, 7) is 5.03. The summed E-state index contributed by atoms with van der Waals surface area (Å²) in [5.41, 5.74) is 1.84. The topological polar surface area (TPSA) is 64.6 Å². The molecule has 0 aliphatic rings. The minimum atomic E-state index is -4.32. The van der Waals surface area contributed by atoms with Crippen molar-refractivity contribution in [1.82, 2.24) is 0 Å². The molecule has 10 heteroatoms. The molecule has 37 heavy (non-hydrogen) atoms. The van der Waals surface area contributed by atoms with Gasteiger partial charge in [0.2, 0.25) is 6.43 Å². The van der Waals surface area contributed by atoms with Crippen LogP contribution >= 0.6 is 0 Å². The first-order valence-corrected chi connectivity index (χ1v) is 11.8. The molecule has 5 nitrogen and oxygen atoms in total. The molecule has 0 unspecified atom stereocenters. The molecule has 0 atom stereocenters. The first-order chi connectivity index (χ1) is 17.4. The number of hydrogen-bond donors (Lipinski definition) is 1. The van der Waals surface area contributed by atoms with Crippen LogP contribution in [0.15, 0.2) is 48.0 Å². The van der Waals surface area contributed by atoms with E-state index in [2.05, 4.69) is 5.32 Å². The molecule has 0 aromatic heterocycles. The number of anilines is 1. The van der Waals surface area contributed by atoms with Gasteiger partial charge in [0, 0.05) is 18.5 Å². The normalized spacial score (nSPS) is 12.2. The van der Waals surface area contributed by atoms with Gasteiger partial charge in [-0.25, -0.2) is 13.6 Å². The summed E-state index contributed by atoms with van der Waals surface area (Å²) in [4.78, 5) is 26.1. The van der Waals surface area contributed by atoms with Crippen molar-refractivity contribution >= 4 is 23.1 Å². The molecule has 2 aromatic rings. The van der Waals surface area contributed by atoms with Crippen LogP contribution < -0.4 is 10.1 Å². The average Bonchev–Trinajstić information content (AvgIpc) is 2.81. The van der Waals surface area contributed by atoms with Crippen LogP contribution in [-0.2, 0) is 20.7 Å². The van der Waals surface area contributed by atoms with E-state index in [1.807, 2.05) is 19.1 Å². The third-order valence-corrected chi connectivity index (χ3v) is 5.33. The standard InChI is InChI=1S/C27H30F5NO4/c1-4-21(18-9-7-17(3)8-10-18)24(26(35)36-5-2)25(34)33-22-12-11-20(15-19(22)16-23(28)29)37-14-6-13-27(30,31)32/h7-12,15,23H,4-6,13-14,16H2,1-3H3,(H,33,34)/b24-21-. The zero-order valence-electron chi connectivity index (χ0n) is 20.9. The maximum Gasteiger partial charge on any atom is 0.389 e. The lowest BCUT2D eigenvalue weighted by atomic mass is 9.96. The van der Waals surface area contributed by atoms with E-state index >= 15 is 0 Å². The third-order valence-electron chi connectivity index (χ3n) is 5.33. The van der Waals surface area contributed by atoms with Crippen LogP contribution in [0.2, 0.25) is 0 Å². The average molecular weight is 528 g/mol. The summed E-state index contributed by atoms with van der Waals surface area (Å²) in [5.74, 6) is -1.59. The maximum atomic E-state index is 13.3. The molecule has 0 heterocycles. The van der Waals surface area contributed by atoms with E-state index in [0.29, 0.717) is 17.6 Å². The molecule has 0 bridgehead atoms. The van der Waals surface area contributed by atoms with Gasteiger partial charge in [-0.05, 0) is 61.6 Å². The van der Waals surface area contributed by atoms with Gasteiger partial charge in [-0.3, -0.25) is 4.79 Å². The third kappa shape index (κ3) is 9.51. The molecule has 0 saturated heterocycles. The Hall–Kier alpha value is -3.43. The second-order valence-corrected chi connectivity index (χ2v) is 8.23. The second kappa shape index (κ2) is 13.8. The highest BCUT2D eigenvalue weighted by molar-refractivity contribution is 6.26. The number of aryl methyl sites for hydroxylation is 1. The fourth-order valence-electron chi connectivity index (χ4n) is 3.60. The fourth-order valence-corrected chi connectivity index (χ4v) is 3.60. The molecule has 0 aliphatic heterocycles. The summed E-state index contributed by atoms with van der Waals surface area (Å²) in [6.07, 6.45) is -8.84. The smallest absolute Gasteiger partial charge is 0.389 e. The number of nitrogens with one attached hydrogen (secondary N) is 1. The number of ether oxygens (including phenoxy) is 2. The van der Waals surface area contributed by atoms with Gasteiger partial charge < -0.3 is 14.8 Å². The lowest BCUT2D eigenvalue weighted by Gasteiger charge is -2.17. The number of halogens is 5. The van der Waals surface area contributed by atoms with E-state index in [1.165, 1.54) is 18.2 Å². The number of amides is 1. The number of esters is 1. The first-order valence-electron chi connectivity index (χ1n) is 11.8.